The zero-order valence-electron chi connectivity index (χ0n) is 16.9. The van der Waals surface area contributed by atoms with Crippen molar-refractivity contribution < 1.29 is 24.2 Å². The highest BCUT2D eigenvalue weighted by molar-refractivity contribution is 5.97. The fraction of sp³-hybridized carbons (Fsp3) is 0.273. The highest BCUT2D eigenvalue weighted by Crippen LogP contribution is 2.36. The number of ether oxygens (including phenoxy) is 2. The second-order valence-corrected chi connectivity index (χ2v) is 6.87. The van der Waals surface area contributed by atoms with Gasteiger partial charge in [0.25, 0.3) is 0 Å². The van der Waals surface area contributed by atoms with Gasteiger partial charge in [-0.15, -0.1) is 0 Å². The average molecular weight is 411 g/mol. The molecule has 1 aliphatic heterocycles. The van der Waals surface area contributed by atoms with Crippen molar-refractivity contribution in [2.24, 2.45) is 5.92 Å². The molecule has 2 atom stereocenters. The van der Waals surface area contributed by atoms with E-state index in [-0.39, 0.29) is 17.4 Å². The number of anilines is 1. The minimum Gasteiger partial charge on any atom is -0.507 e. The van der Waals surface area contributed by atoms with E-state index in [4.69, 9.17) is 9.47 Å². The Balaban J connectivity index is 1.86. The molecule has 0 aliphatic carbocycles. The van der Waals surface area contributed by atoms with Crippen LogP contribution in [0.3, 0.4) is 0 Å². The minimum absolute atomic E-state index is 0.0779. The molecule has 4 N–H and O–H groups in total. The summed E-state index contributed by atoms with van der Waals surface area (Å²) < 4.78 is 10.6. The number of phenolic OH excluding ortho intramolecular Hbond substituents is 1. The van der Waals surface area contributed by atoms with Crippen LogP contribution in [0.5, 0.6) is 17.2 Å². The van der Waals surface area contributed by atoms with Crippen LogP contribution >= 0.6 is 0 Å². The molecule has 0 unspecified atom stereocenters. The van der Waals surface area contributed by atoms with Gasteiger partial charge in [-0.05, 0) is 42.8 Å². The maximum absolute atomic E-state index is 13.0. The molecule has 3 rings (SSSR count). The first-order chi connectivity index (χ1) is 14.4. The van der Waals surface area contributed by atoms with Crippen molar-refractivity contribution >= 4 is 17.6 Å². The standard InChI is InChI=1S/C22H25N3O5/c1-4-11-30-16-9-10-17(18(26)12-16)20-19(13(2)23-22(28)25-20)21(27)24-14-5-7-15(29-3)8-6-14/h5-10,12,19-20,26H,2,4,11H2,1,3H3,(H,24,27)(H2,23,25,28)/t19-,20-/m1/s1. The third-order valence-electron chi connectivity index (χ3n) is 4.72. The lowest BCUT2D eigenvalue weighted by atomic mass is 9.87. The number of carbonyl (C=O) groups is 2. The predicted octanol–water partition coefficient (Wildman–Crippen LogP) is 3.31. The van der Waals surface area contributed by atoms with Crippen LogP contribution in [0, 0.1) is 5.92 Å². The molecular formula is C22H25N3O5. The Morgan fingerprint density at radius 3 is 2.53 bits per heavy atom. The number of benzene rings is 2. The van der Waals surface area contributed by atoms with E-state index in [1.165, 1.54) is 6.07 Å². The van der Waals surface area contributed by atoms with E-state index in [9.17, 15) is 14.7 Å². The summed E-state index contributed by atoms with van der Waals surface area (Å²) in [6.45, 7) is 6.34. The van der Waals surface area contributed by atoms with Gasteiger partial charge in [0.05, 0.1) is 19.8 Å². The van der Waals surface area contributed by atoms with E-state index >= 15 is 0 Å². The Bertz CT molecular complexity index is 942. The van der Waals surface area contributed by atoms with Crippen LogP contribution in [0.15, 0.2) is 54.7 Å². The van der Waals surface area contributed by atoms with Gasteiger partial charge in [-0.1, -0.05) is 13.5 Å². The molecule has 0 saturated carbocycles. The molecular weight excluding hydrogens is 386 g/mol. The van der Waals surface area contributed by atoms with Crippen LogP contribution in [-0.2, 0) is 4.79 Å². The number of phenols is 1. The summed E-state index contributed by atoms with van der Waals surface area (Å²) in [7, 11) is 1.56. The van der Waals surface area contributed by atoms with E-state index in [2.05, 4.69) is 22.5 Å². The van der Waals surface area contributed by atoms with Crippen LogP contribution in [0.2, 0.25) is 0 Å². The van der Waals surface area contributed by atoms with Gasteiger partial charge in [0.1, 0.15) is 23.2 Å². The lowest BCUT2D eigenvalue weighted by Crippen LogP contribution is -2.51. The number of aromatic hydroxyl groups is 1. The van der Waals surface area contributed by atoms with Gasteiger partial charge >= 0.3 is 6.03 Å². The summed E-state index contributed by atoms with van der Waals surface area (Å²) >= 11 is 0. The number of urea groups is 1. The third-order valence-corrected chi connectivity index (χ3v) is 4.72. The van der Waals surface area contributed by atoms with E-state index < -0.39 is 18.0 Å². The molecule has 30 heavy (non-hydrogen) atoms. The van der Waals surface area contributed by atoms with Crippen molar-refractivity contribution in [1.82, 2.24) is 10.6 Å². The molecule has 1 saturated heterocycles. The maximum atomic E-state index is 13.0. The van der Waals surface area contributed by atoms with E-state index in [1.807, 2.05) is 6.92 Å². The van der Waals surface area contributed by atoms with Crippen LogP contribution < -0.4 is 25.4 Å². The molecule has 158 valence electrons. The molecule has 2 aromatic carbocycles. The first-order valence-electron chi connectivity index (χ1n) is 9.60. The van der Waals surface area contributed by atoms with E-state index in [0.717, 1.165) is 6.42 Å². The fourth-order valence-corrected chi connectivity index (χ4v) is 3.24. The van der Waals surface area contributed by atoms with Crippen molar-refractivity contribution in [1.29, 1.82) is 0 Å². The SMILES string of the molecule is C=C1NC(=O)N[C@H](c2ccc(OCCC)cc2O)[C@@H]1C(=O)Nc1ccc(OC)cc1. The van der Waals surface area contributed by atoms with Crippen molar-refractivity contribution in [2.45, 2.75) is 19.4 Å². The fourth-order valence-electron chi connectivity index (χ4n) is 3.24. The van der Waals surface area contributed by atoms with Crippen LogP contribution in [0.1, 0.15) is 24.9 Å². The van der Waals surface area contributed by atoms with E-state index in [0.29, 0.717) is 29.4 Å². The summed E-state index contributed by atoms with van der Waals surface area (Å²) in [5, 5.41) is 18.6. The molecule has 0 spiro atoms. The van der Waals surface area contributed by atoms with Gasteiger partial charge in [0.15, 0.2) is 0 Å². The lowest BCUT2D eigenvalue weighted by molar-refractivity contribution is -0.119. The zero-order chi connectivity index (χ0) is 21.7. The van der Waals surface area contributed by atoms with Crippen LogP contribution in [-0.4, -0.2) is 30.8 Å². The highest BCUT2D eigenvalue weighted by atomic mass is 16.5. The van der Waals surface area contributed by atoms with Gasteiger partial charge in [-0.3, -0.25) is 4.79 Å². The maximum Gasteiger partial charge on any atom is 0.319 e. The number of amides is 3. The van der Waals surface area contributed by atoms with Crippen LogP contribution in [0.25, 0.3) is 0 Å². The lowest BCUT2D eigenvalue weighted by Gasteiger charge is -2.34. The van der Waals surface area contributed by atoms with Crippen LogP contribution in [0.4, 0.5) is 10.5 Å². The molecule has 0 bridgehead atoms. The quantitative estimate of drug-likeness (QED) is 0.559. The Labute approximate surface area is 174 Å². The first kappa shape index (κ1) is 21.0. The smallest absolute Gasteiger partial charge is 0.319 e. The molecule has 0 aromatic heterocycles. The van der Waals surface area contributed by atoms with Crippen molar-refractivity contribution in [2.75, 3.05) is 19.0 Å². The van der Waals surface area contributed by atoms with Gasteiger partial charge in [-0.25, -0.2) is 4.79 Å². The Hall–Kier alpha value is -3.68. The molecule has 1 aliphatic rings. The number of hydrogen-bond donors (Lipinski definition) is 4. The number of nitrogens with one attached hydrogen (secondary N) is 3. The van der Waals surface area contributed by atoms with Crippen molar-refractivity contribution in [3.8, 4) is 17.2 Å². The molecule has 0 radical (unpaired) electrons. The normalized spacial score (nSPS) is 18.2. The van der Waals surface area contributed by atoms with Crippen molar-refractivity contribution in [3.05, 3.63) is 60.3 Å². The summed E-state index contributed by atoms with van der Waals surface area (Å²) in [5.74, 6) is -0.133. The van der Waals surface area contributed by atoms with E-state index in [1.54, 1.807) is 43.5 Å². The van der Waals surface area contributed by atoms with Gasteiger partial charge in [-0.2, -0.15) is 0 Å². The minimum atomic E-state index is -0.849. The second kappa shape index (κ2) is 9.21. The number of methoxy groups -OCH3 is 1. The van der Waals surface area contributed by atoms with Crippen molar-refractivity contribution in [3.63, 3.8) is 0 Å². The Kier molecular flexibility index (Phi) is 6.46. The zero-order valence-corrected chi connectivity index (χ0v) is 16.9. The molecule has 2 aromatic rings. The topological polar surface area (TPSA) is 109 Å². The van der Waals surface area contributed by atoms with Gasteiger partial charge in [0, 0.05) is 23.0 Å². The Morgan fingerprint density at radius 2 is 1.90 bits per heavy atom. The highest BCUT2D eigenvalue weighted by Gasteiger charge is 2.39. The summed E-state index contributed by atoms with van der Waals surface area (Å²) in [4.78, 5) is 25.1. The average Bonchev–Trinajstić information content (AvgIpc) is 2.72. The van der Waals surface area contributed by atoms with Gasteiger partial charge < -0.3 is 30.5 Å². The summed E-state index contributed by atoms with van der Waals surface area (Å²) in [5.41, 5.74) is 1.20. The number of carbonyl (C=O) groups excluding carboxylic acids is 2. The summed E-state index contributed by atoms with van der Waals surface area (Å²) in [6, 6.07) is 10.4. The molecule has 1 heterocycles. The number of rotatable bonds is 7. The largest absolute Gasteiger partial charge is 0.507 e. The number of hydrogen-bond acceptors (Lipinski definition) is 5. The Morgan fingerprint density at radius 1 is 1.20 bits per heavy atom. The van der Waals surface area contributed by atoms with Gasteiger partial charge in [0.2, 0.25) is 5.91 Å². The third kappa shape index (κ3) is 4.65. The monoisotopic (exact) mass is 411 g/mol. The molecule has 1 fully saturated rings. The molecule has 3 amide bonds. The first-order valence-corrected chi connectivity index (χ1v) is 9.60. The summed E-state index contributed by atoms with van der Waals surface area (Å²) in [6.07, 6.45) is 0.834. The predicted molar refractivity (Wildman–Crippen MR) is 113 cm³/mol. The molecule has 8 nitrogen and oxygen atoms in total. The second-order valence-electron chi connectivity index (χ2n) is 6.87. The molecule has 8 heteroatoms.